The fraction of sp³-hybridized carbons (Fsp3) is 0.316. The topological polar surface area (TPSA) is 105 Å². The van der Waals surface area contributed by atoms with Crippen molar-refractivity contribution < 1.29 is 27.5 Å². The molecule has 10 heteroatoms. The number of hydrogen-bond acceptors (Lipinski definition) is 6. The van der Waals surface area contributed by atoms with E-state index < -0.39 is 28.5 Å². The second kappa shape index (κ2) is 16.8. The molecule has 4 aromatic rings. The van der Waals surface area contributed by atoms with E-state index in [0.717, 1.165) is 39.4 Å². The van der Waals surface area contributed by atoms with Crippen LogP contribution in [0.4, 0.5) is 5.69 Å². The Morgan fingerprint density at radius 2 is 1.48 bits per heavy atom. The average Bonchev–Trinajstić information content (AvgIpc) is 3.09. The van der Waals surface area contributed by atoms with Crippen LogP contribution >= 0.6 is 0 Å². The molecule has 9 nitrogen and oxygen atoms in total. The second-order valence-corrected chi connectivity index (χ2v) is 13.6. The lowest BCUT2D eigenvalue weighted by atomic mass is 10.0. The second-order valence-electron chi connectivity index (χ2n) is 11.7. The van der Waals surface area contributed by atoms with Crippen molar-refractivity contribution in [2.45, 2.75) is 57.5 Å². The lowest BCUT2D eigenvalue weighted by Gasteiger charge is -2.34. The highest BCUT2D eigenvalue weighted by Crippen LogP contribution is 2.34. The highest BCUT2D eigenvalue weighted by molar-refractivity contribution is 7.92. The smallest absolute Gasteiger partial charge is 0.264 e. The molecule has 0 saturated heterocycles. The first kappa shape index (κ1) is 36.0. The predicted octanol–water partition coefficient (Wildman–Crippen LogP) is 6.07. The Morgan fingerprint density at radius 3 is 2.12 bits per heavy atom. The van der Waals surface area contributed by atoms with Gasteiger partial charge in [-0.25, -0.2) is 8.42 Å². The Bertz CT molecular complexity index is 1780. The average molecular weight is 672 g/mol. The van der Waals surface area contributed by atoms with E-state index >= 15 is 0 Å². The van der Waals surface area contributed by atoms with E-state index in [-0.39, 0.29) is 29.5 Å². The molecule has 4 rings (SSSR count). The molecule has 48 heavy (non-hydrogen) atoms. The quantitative estimate of drug-likeness (QED) is 0.145. The van der Waals surface area contributed by atoms with Crippen LogP contribution in [0.3, 0.4) is 0 Å². The molecule has 0 heterocycles. The first-order valence-corrected chi connectivity index (χ1v) is 17.5. The van der Waals surface area contributed by atoms with Crippen molar-refractivity contribution in [2.24, 2.45) is 0 Å². The summed E-state index contributed by atoms with van der Waals surface area (Å²) in [5.74, 6) is -0.116. The summed E-state index contributed by atoms with van der Waals surface area (Å²) in [6.07, 6.45) is 1.93. The van der Waals surface area contributed by atoms with Crippen LogP contribution in [0, 0.1) is 13.8 Å². The van der Waals surface area contributed by atoms with Crippen molar-refractivity contribution in [1.29, 1.82) is 0 Å². The Kier molecular flexibility index (Phi) is 12.6. The van der Waals surface area contributed by atoms with Gasteiger partial charge in [0.25, 0.3) is 10.0 Å². The molecule has 0 radical (unpaired) electrons. The zero-order valence-electron chi connectivity index (χ0n) is 28.3. The van der Waals surface area contributed by atoms with Gasteiger partial charge in [-0.15, -0.1) is 0 Å². The van der Waals surface area contributed by atoms with Crippen molar-refractivity contribution in [3.63, 3.8) is 0 Å². The minimum absolute atomic E-state index is 0.0269. The van der Waals surface area contributed by atoms with Gasteiger partial charge in [-0.05, 0) is 55.7 Å². The van der Waals surface area contributed by atoms with E-state index in [1.807, 2.05) is 75.4 Å². The van der Waals surface area contributed by atoms with Crippen LogP contribution in [0.1, 0.15) is 42.0 Å². The van der Waals surface area contributed by atoms with E-state index in [0.29, 0.717) is 18.0 Å². The molecule has 0 fully saturated rings. The van der Waals surface area contributed by atoms with Gasteiger partial charge < -0.3 is 19.7 Å². The van der Waals surface area contributed by atoms with Crippen LogP contribution in [0.15, 0.2) is 102 Å². The number of carbonyl (C=O) groups excluding carboxylic acids is 2. The Balaban J connectivity index is 1.83. The number of methoxy groups -OCH3 is 2. The minimum atomic E-state index is -4.26. The van der Waals surface area contributed by atoms with E-state index in [4.69, 9.17) is 9.47 Å². The summed E-state index contributed by atoms with van der Waals surface area (Å²) < 4.78 is 40.6. The summed E-state index contributed by atoms with van der Waals surface area (Å²) in [7, 11) is -1.31. The van der Waals surface area contributed by atoms with Crippen LogP contribution < -0.4 is 19.1 Å². The van der Waals surface area contributed by atoms with Gasteiger partial charge in [0.05, 0.1) is 24.8 Å². The lowest BCUT2D eigenvalue weighted by Crippen LogP contribution is -2.53. The molecule has 0 saturated carbocycles. The number of sulfonamides is 1. The monoisotopic (exact) mass is 671 g/mol. The fourth-order valence-electron chi connectivity index (χ4n) is 5.41. The van der Waals surface area contributed by atoms with Gasteiger partial charge in [-0.2, -0.15) is 0 Å². The van der Waals surface area contributed by atoms with Crippen LogP contribution in [0.5, 0.6) is 11.5 Å². The van der Waals surface area contributed by atoms with Gasteiger partial charge in [0.15, 0.2) is 11.5 Å². The molecule has 0 aliphatic rings. The van der Waals surface area contributed by atoms with Crippen LogP contribution in [-0.4, -0.2) is 58.5 Å². The molecule has 1 N–H and O–H groups in total. The number of carbonyl (C=O) groups is 2. The molecule has 2 amide bonds. The Labute approximate surface area is 284 Å². The zero-order chi connectivity index (χ0) is 34.7. The normalized spacial score (nSPS) is 11.8. The standard InChI is InChI=1S/C38H45N3O6S/c1-6-7-22-39-38(43)34(24-30-13-9-8-10-14-30)40(26-31-15-11-12-29(3)23-31)37(42)27-41(32-18-21-35(46-4)36(25-32)47-5)48(44,45)33-19-16-28(2)17-20-33/h8-21,23,25,34H,6-7,22,24,26-27H2,1-5H3,(H,39,43)/t34-/m0/s1. The molecular formula is C38H45N3O6S. The molecule has 0 aromatic heterocycles. The summed E-state index contributed by atoms with van der Waals surface area (Å²) in [4.78, 5) is 30.1. The van der Waals surface area contributed by atoms with Gasteiger partial charge in [0.1, 0.15) is 12.6 Å². The number of nitrogens with zero attached hydrogens (tertiary/aromatic N) is 2. The van der Waals surface area contributed by atoms with Gasteiger partial charge in [0, 0.05) is 25.6 Å². The van der Waals surface area contributed by atoms with E-state index in [9.17, 15) is 18.0 Å². The number of anilines is 1. The van der Waals surface area contributed by atoms with Gasteiger partial charge in [-0.1, -0.05) is 91.2 Å². The summed E-state index contributed by atoms with van der Waals surface area (Å²) >= 11 is 0. The summed E-state index contributed by atoms with van der Waals surface area (Å²) in [5, 5.41) is 3.02. The van der Waals surface area contributed by atoms with Crippen molar-refractivity contribution >= 4 is 27.5 Å². The summed E-state index contributed by atoms with van der Waals surface area (Å²) in [6.45, 7) is 5.87. The lowest BCUT2D eigenvalue weighted by molar-refractivity contribution is -0.140. The highest BCUT2D eigenvalue weighted by atomic mass is 32.2. The van der Waals surface area contributed by atoms with E-state index in [1.165, 1.54) is 37.3 Å². The first-order chi connectivity index (χ1) is 23.1. The van der Waals surface area contributed by atoms with Gasteiger partial charge in [-0.3, -0.25) is 13.9 Å². The zero-order valence-corrected chi connectivity index (χ0v) is 29.1. The number of ether oxygens (including phenoxy) is 2. The third-order valence-corrected chi connectivity index (χ3v) is 9.87. The van der Waals surface area contributed by atoms with Crippen molar-refractivity contribution in [2.75, 3.05) is 31.6 Å². The first-order valence-electron chi connectivity index (χ1n) is 16.1. The molecule has 0 aliphatic heterocycles. The van der Waals surface area contributed by atoms with Gasteiger partial charge >= 0.3 is 0 Å². The number of amides is 2. The minimum Gasteiger partial charge on any atom is -0.493 e. The number of benzene rings is 4. The molecule has 0 aliphatic carbocycles. The molecule has 0 bridgehead atoms. The largest absolute Gasteiger partial charge is 0.493 e. The number of hydrogen-bond donors (Lipinski definition) is 1. The number of unbranched alkanes of at least 4 members (excludes halogenated alkanes) is 1. The number of rotatable bonds is 16. The maximum Gasteiger partial charge on any atom is 0.264 e. The molecule has 1 atom stereocenters. The molecule has 254 valence electrons. The Morgan fingerprint density at radius 1 is 0.792 bits per heavy atom. The molecule has 0 unspecified atom stereocenters. The Hall–Kier alpha value is -4.83. The van der Waals surface area contributed by atoms with Crippen molar-refractivity contribution in [3.8, 4) is 11.5 Å². The molecule has 4 aromatic carbocycles. The maximum absolute atomic E-state index is 14.7. The highest BCUT2D eigenvalue weighted by Gasteiger charge is 2.35. The van der Waals surface area contributed by atoms with Crippen LogP contribution in [0.2, 0.25) is 0 Å². The third-order valence-electron chi connectivity index (χ3n) is 8.08. The summed E-state index contributed by atoms with van der Waals surface area (Å²) in [5.41, 5.74) is 3.80. The molecule has 0 spiro atoms. The van der Waals surface area contributed by atoms with Gasteiger partial charge in [0.2, 0.25) is 11.8 Å². The van der Waals surface area contributed by atoms with Crippen molar-refractivity contribution in [3.05, 3.63) is 119 Å². The molecular weight excluding hydrogens is 627 g/mol. The SMILES string of the molecule is CCCCNC(=O)[C@H](Cc1ccccc1)N(Cc1cccc(C)c1)C(=O)CN(c1ccc(OC)c(OC)c1)S(=O)(=O)c1ccc(C)cc1. The fourth-order valence-corrected chi connectivity index (χ4v) is 6.82. The van der Waals surface area contributed by atoms with Crippen LogP contribution in [-0.2, 0) is 32.6 Å². The van der Waals surface area contributed by atoms with E-state index in [2.05, 4.69) is 5.32 Å². The number of aryl methyl sites for hydroxylation is 2. The number of nitrogens with one attached hydrogen (secondary N) is 1. The maximum atomic E-state index is 14.7. The van der Waals surface area contributed by atoms with Crippen molar-refractivity contribution in [1.82, 2.24) is 10.2 Å². The van der Waals surface area contributed by atoms with E-state index in [1.54, 1.807) is 24.3 Å². The summed E-state index contributed by atoms with van der Waals surface area (Å²) in [6, 6.07) is 27.5. The predicted molar refractivity (Wildman–Crippen MR) is 189 cm³/mol. The van der Waals surface area contributed by atoms with Crippen LogP contribution in [0.25, 0.3) is 0 Å². The third kappa shape index (κ3) is 9.16.